The van der Waals surface area contributed by atoms with Gasteiger partial charge in [-0.15, -0.1) is 11.3 Å². The van der Waals surface area contributed by atoms with E-state index in [0.717, 1.165) is 34.6 Å². The summed E-state index contributed by atoms with van der Waals surface area (Å²) in [6.45, 7) is 2.67. The van der Waals surface area contributed by atoms with Crippen molar-refractivity contribution < 1.29 is 17.9 Å². The molecule has 2 aliphatic rings. The lowest BCUT2D eigenvalue weighted by Crippen LogP contribution is -2.50. The van der Waals surface area contributed by atoms with Gasteiger partial charge in [0.1, 0.15) is 15.8 Å². The van der Waals surface area contributed by atoms with Crippen LogP contribution in [0.15, 0.2) is 51.7 Å². The molecule has 35 heavy (non-hydrogen) atoms. The fourth-order valence-electron chi connectivity index (χ4n) is 4.39. The molecule has 2 aliphatic heterocycles. The van der Waals surface area contributed by atoms with Crippen LogP contribution in [0, 0.1) is 0 Å². The predicted octanol–water partition coefficient (Wildman–Crippen LogP) is 3.40. The Balaban J connectivity index is 1.30. The van der Waals surface area contributed by atoms with Crippen LogP contribution in [0.4, 0.5) is 0 Å². The molecular formula is C24H25ClN4O4S2. The number of aliphatic imine (C=N–C) groups is 1. The standard InChI is InChI=1S/C24H25ClN4O4S2/c1-27-8-7-26-23(27)17-4-6-19(20(13-17)33-2)24(30)28-9-11-29(12-10-28)35(31,32)22-14-16-3-5-18(25)15-21(16)34-22/h3-6,13-15H,7-12H2,1-2H3. The average Bonchev–Trinajstić information content (AvgIpc) is 3.49. The summed E-state index contributed by atoms with van der Waals surface area (Å²) in [4.78, 5) is 21.5. The fourth-order valence-corrected chi connectivity index (χ4v) is 7.64. The Bertz CT molecular complexity index is 1430. The average molecular weight is 533 g/mol. The largest absolute Gasteiger partial charge is 0.496 e. The van der Waals surface area contributed by atoms with Gasteiger partial charge in [-0.3, -0.25) is 9.79 Å². The van der Waals surface area contributed by atoms with E-state index in [0.29, 0.717) is 29.4 Å². The predicted molar refractivity (Wildman–Crippen MR) is 139 cm³/mol. The maximum Gasteiger partial charge on any atom is 0.257 e. The van der Waals surface area contributed by atoms with E-state index in [4.69, 9.17) is 16.3 Å². The Morgan fingerprint density at radius 1 is 1.06 bits per heavy atom. The molecule has 0 radical (unpaired) electrons. The van der Waals surface area contributed by atoms with Gasteiger partial charge in [0.25, 0.3) is 15.9 Å². The summed E-state index contributed by atoms with van der Waals surface area (Å²) in [5.74, 6) is 1.18. The number of piperazine rings is 1. The van der Waals surface area contributed by atoms with Gasteiger partial charge in [0.05, 0.1) is 19.2 Å². The number of ether oxygens (including phenoxy) is 1. The van der Waals surface area contributed by atoms with Gasteiger partial charge in [-0.25, -0.2) is 8.42 Å². The first kappa shape index (κ1) is 24.1. The number of carbonyl (C=O) groups is 1. The lowest BCUT2D eigenvalue weighted by molar-refractivity contribution is 0.0694. The molecule has 11 heteroatoms. The van der Waals surface area contributed by atoms with Crippen molar-refractivity contribution in [2.75, 3.05) is 53.4 Å². The molecule has 0 aliphatic carbocycles. The highest BCUT2D eigenvalue weighted by atomic mass is 35.5. The van der Waals surface area contributed by atoms with Crippen LogP contribution in [0.25, 0.3) is 10.1 Å². The van der Waals surface area contributed by atoms with Gasteiger partial charge in [-0.05, 0) is 35.7 Å². The van der Waals surface area contributed by atoms with Crippen molar-refractivity contribution in [1.82, 2.24) is 14.1 Å². The molecule has 5 rings (SSSR count). The third kappa shape index (κ3) is 4.51. The topological polar surface area (TPSA) is 82.5 Å². The fraction of sp³-hybridized carbons (Fsp3) is 0.333. The van der Waals surface area contributed by atoms with Gasteiger partial charge in [0, 0.05) is 55.1 Å². The number of carbonyl (C=O) groups excluding carboxylic acids is 1. The van der Waals surface area contributed by atoms with Crippen LogP contribution in [0.1, 0.15) is 15.9 Å². The number of amidine groups is 1. The van der Waals surface area contributed by atoms with Gasteiger partial charge in [0.15, 0.2) is 0 Å². The Kier molecular flexibility index (Phi) is 6.47. The quantitative estimate of drug-likeness (QED) is 0.503. The highest BCUT2D eigenvalue weighted by molar-refractivity contribution is 7.91. The summed E-state index contributed by atoms with van der Waals surface area (Å²) in [7, 11) is -0.130. The highest BCUT2D eigenvalue weighted by Crippen LogP contribution is 2.33. The number of hydrogen-bond acceptors (Lipinski definition) is 7. The van der Waals surface area contributed by atoms with Crippen LogP contribution in [0.5, 0.6) is 5.75 Å². The number of nitrogens with zero attached hydrogens (tertiary/aromatic N) is 4. The van der Waals surface area contributed by atoms with E-state index < -0.39 is 10.0 Å². The van der Waals surface area contributed by atoms with E-state index in [1.54, 1.807) is 36.3 Å². The first-order valence-electron chi connectivity index (χ1n) is 11.2. The monoisotopic (exact) mass is 532 g/mol. The number of methoxy groups -OCH3 is 1. The molecular weight excluding hydrogens is 508 g/mol. The molecule has 184 valence electrons. The van der Waals surface area contributed by atoms with E-state index >= 15 is 0 Å². The Hall–Kier alpha value is -2.66. The van der Waals surface area contributed by atoms with E-state index in [9.17, 15) is 13.2 Å². The van der Waals surface area contributed by atoms with Crippen molar-refractivity contribution in [2.45, 2.75) is 4.21 Å². The first-order valence-corrected chi connectivity index (χ1v) is 13.8. The van der Waals surface area contributed by atoms with Gasteiger partial charge in [-0.2, -0.15) is 4.31 Å². The summed E-state index contributed by atoms with van der Waals surface area (Å²) in [6, 6.07) is 12.5. The summed E-state index contributed by atoms with van der Waals surface area (Å²) in [5.41, 5.74) is 1.36. The molecule has 3 aromatic rings. The maximum atomic E-state index is 13.3. The minimum absolute atomic E-state index is 0.177. The molecule has 1 saturated heterocycles. The van der Waals surface area contributed by atoms with E-state index in [1.807, 2.05) is 25.2 Å². The number of thiophene rings is 1. The second kappa shape index (κ2) is 9.42. The molecule has 1 amide bonds. The molecule has 3 heterocycles. The number of hydrogen-bond donors (Lipinski definition) is 0. The zero-order valence-electron chi connectivity index (χ0n) is 19.4. The Labute approximate surface area is 213 Å². The molecule has 2 aromatic carbocycles. The second-order valence-electron chi connectivity index (χ2n) is 8.49. The number of halogens is 1. The zero-order chi connectivity index (χ0) is 24.7. The van der Waals surface area contributed by atoms with Crippen molar-refractivity contribution in [1.29, 1.82) is 0 Å². The summed E-state index contributed by atoms with van der Waals surface area (Å²) in [6.07, 6.45) is 0. The molecule has 0 atom stereocenters. The van der Waals surface area contributed by atoms with E-state index in [-0.39, 0.29) is 23.2 Å². The minimum atomic E-state index is -3.66. The molecule has 0 N–H and O–H groups in total. The highest BCUT2D eigenvalue weighted by Gasteiger charge is 2.32. The van der Waals surface area contributed by atoms with Crippen molar-refractivity contribution in [2.24, 2.45) is 4.99 Å². The summed E-state index contributed by atoms with van der Waals surface area (Å²) < 4.78 is 34.6. The maximum absolute atomic E-state index is 13.3. The van der Waals surface area contributed by atoms with Crippen LogP contribution in [0.3, 0.4) is 0 Å². The third-order valence-electron chi connectivity index (χ3n) is 6.33. The van der Waals surface area contributed by atoms with Gasteiger partial charge >= 0.3 is 0 Å². The second-order valence-corrected chi connectivity index (χ2v) is 12.2. The number of rotatable bonds is 5. The van der Waals surface area contributed by atoms with Crippen molar-refractivity contribution >= 4 is 54.8 Å². The lowest BCUT2D eigenvalue weighted by Gasteiger charge is -2.34. The van der Waals surface area contributed by atoms with Crippen LogP contribution in [0.2, 0.25) is 5.02 Å². The van der Waals surface area contributed by atoms with Crippen molar-refractivity contribution in [3.8, 4) is 5.75 Å². The SMILES string of the molecule is COc1cc(C2=NCCN2C)ccc1C(=O)N1CCN(S(=O)(=O)c2cc3ccc(Cl)cc3s2)CC1. The molecule has 8 nitrogen and oxygen atoms in total. The molecule has 0 saturated carbocycles. The third-order valence-corrected chi connectivity index (χ3v) is 10.0. The number of amides is 1. The van der Waals surface area contributed by atoms with Gasteiger partial charge < -0.3 is 14.5 Å². The molecule has 0 bridgehead atoms. The Morgan fingerprint density at radius 2 is 1.83 bits per heavy atom. The smallest absolute Gasteiger partial charge is 0.257 e. The van der Waals surface area contributed by atoms with Crippen LogP contribution >= 0.6 is 22.9 Å². The zero-order valence-corrected chi connectivity index (χ0v) is 21.8. The number of benzene rings is 2. The molecule has 0 unspecified atom stereocenters. The Morgan fingerprint density at radius 3 is 2.51 bits per heavy atom. The van der Waals surface area contributed by atoms with Crippen LogP contribution < -0.4 is 4.74 Å². The molecule has 1 fully saturated rings. The molecule has 0 spiro atoms. The minimum Gasteiger partial charge on any atom is -0.496 e. The summed E-state index contributed by atoms with van der Waals surface area (Å²) >= 11 is 7.26. The van der Waals surface area contributed by atoms with Crippen molar-refractivity contribution in [3.05, 3.63) is 58.6 Å². The van der Waals surface area contributed by atoms with Crippen LogP contribution in [-0.2, 0) is 10.0 Å². The van der Waals surface area contributed by atoms with Gasteiger partial charge in [-0.1, -0.05) is 23.7 Å². The number of fused-ring (bicyclic) bond motifs is 1. The number of sulfonamides is 1. The molecule has 1 aromatic heterocycles. The summed E-state index contributed by atoms with van der Waals surface area (Å²) in [5, 5.41) is 1.42. The first-order chi connectivity index (χ1) is 16.8. The normalized spacial score (nSPS) is 17.2. The van der Waals surface area contributed by atoms with Crippen LogP contribution in [-0.4, -0.2) is 87.7 Å². The van der Waals surface area contributed by atoms with Crippen molar-refractivity contribution in [3.63, 3.8) is 0 Å². The lowest BCUT2D eigenvalue weighted by atomic mass is 10.1. The van der Waals surface area contributed by atoms with E-state index in [2.05, 4.69) is 9.89 Å². The van der Waals surface area contributed by atoms with Gasteiger partial charge in [0.2, 0.25) is 0 Å². The van der Waals surface area contributed by atoms with E-state index in [1.165, 1.54) is 15.6 Å². The number of likely N-dealkylation sites (N-methyl/N-ethyl adjacent to an activating group) is 1.